The third-order valence-corrected chi connectivity index (χ3v) is 8.10. The third kappa shape index (κ3) is 11.6. The van der Waals surface area contributed by atoms with E-state index in [-0.39, 0.29) is 23.0 Å². The molecule has 0 radical (unpaired) electrons. The van der Waals surface area contributed by atoms with Gasteiger partial charge >= 0.3 is 0 Å². The summed E-state index contributed by atoms with van der Waals surface area (Å²) in [5.41, 5.74) is 8.16. The van der Waals surface area contributed by atoms with E-state index in [1.54, 1.807) is 0 Å². The number of allylic oxidation sites excluding steroid dienone is 18. The predicted octanol–water partition coefficient (Wildman–Crippen LogP) is 9.85. The molecule has 0 aromatic carbocycles. The van der Waals surface area contributed by atoms with Crippen molar-refractivity contribution in [2.24, 2.45) is 16.7 Å². The van der Waals surface area contributed by atoms with E-state index in [1.807, 2.05) is 25.2 Å². The van der Waals surface area contributed by atoms with Crippen LogP contribution in [0.5, 0.6) is 0 Å². The molecule has 2 rings (SSSR count). The lowest BCUT2D eigenvalue weighted by atomic mass is 9.67. The van der Waals surface area contributed by atoms with E-state index in [2.05, 4.69) is 135 Å². The Morgan fingerprint density at radius 1 is 0.786 bits per heavy atom. The molecule has 0 amide bonds. The van der Waals surface area contributed by atoms with Crippen molar-refractivity contribution in [3.8, 4) is 11.8 Å². The Balaban J connectivity index is 1.91. The van der Waals surface area contributed by atoms with Gasteiger partial charge in [0.05, 0.1) is 12.2 Å². The second-order valence-electron chi connectivity index (χ2n) is 13.5. The molecule has 2 aliphatic carbocycles. The van der Waals surface area contributed by atoms with Crippen molar-refractivity contribution in [1.29, 1.82) is 0 Å². The van der Waals surface area contributed by atoms with E-state index < -0.39 is 0 Å². The van der Waals surface area contributed by atoms with Crippen LogP contribution in [0, 0.1) is 28.6 Å². The van der Waals surface area contributed by atoms with Gasteiger partial charge in [-0.25, -0.2) is 0 Å². The fourth-order valence-corrected chi connectivity index (χ4v) is 5.96. The molecule has 2 nitrogen and oxygen atoms in total. The van der Waals surface area contributed by atoms with E-state index in [0.29, 0.717) is 5.92 Å². The van der Waals surface area contributed by atoms with Gasteiger partial charge in [0.2, 0.25) is 0 Å². The molecule has 2 N–H and O–H groups in total. The lowest BCUT2D eigenvalue weighted by Gasteiger charge is -2.38. The van der Waals surface area contributed by atoms with Crippen molar-refractivity contribution in [3.05, 3.63) is 118 Å². The number of aliphatic hydroxyl groups is 2. The molecule has 0 saturated carbocycles. The van der Waals surface area contributed by atoms with Gasteiger partial charge in [0.15, 0.2) is 0 Å². The summed E-state index contributed by atoms with van der Waals surface area (Å²) in [4.78, 5) is 0. The van der Waals surface area contributed by atoms with Crippen molar-refractivity contribution in [1.82, 2.24) is 0 Å². The quantitative estimate of drug-likeness (QED) is 0.174. The zero-order valence-corrected chi connectivity index (χ0v) is 27.8. The van der Waals surface area contributed by atoms with Crippen molar-refractivity contribution < 1.29 is 10.2 Å². The van der Waals surface area contributed by atoms with E-state index >= 15 is 0 Å². The van der Waals surface area contributed by atoms with Crippen LogP contribution in [0.15, 0.2) is 118 Å². The minimum Gasteiger partial charge on any atom is -0.393 e. The summed E-state index contributed by atoms with van der Waals surface area (Å²) >= 11 is 0. The summed E-state index contributed by atoms with van der Waals surface area (Å²) in [6.07, 6.45) is 29.0. The second-order valence-corrected chi connectivity index (χ2v) is 13.5. The SMILES string of the molecule is CC1=C[C@H](O)CC(C)(C)[C@@H]1/C=C/C(C)=C/C=C/C(C)=C/C=C/C=C(C)/C=C/C=C(\C)C#CC1=C(C)C[C@@H](O)CC1(C)C. The van der Waals surface area contributed by atoms with Crippen LogP contribution >= 0.6 is 0 Å². The molecular formula is C40H54O2. The van der Waals surface area contributed by atoms with Crippen LogP contribution in [-0.4, -0.2) is 22.4 Å². The van der Waals surface area contributed by atoms with Crippen LogP contribution < -0.4 is 0 Å². The van der Waals surface area contributed by atoms with Gasteiger partial charge in [-0.2, -0.15) is 0 Å². The van der Waals surface area contributed by atoms with Gasteiger partial charge in [-0.3, -0.25) is 0 Å². The lowest BCUT2D eigenvalue weighted by Crippen LogP contribution is -2.32. The Hall–Kier alpha value is -3.12. The first-order valence-corrected chi connectivity index (χ1v) is 15.3. The molecule has 3 atom stereocenters. The summed E-state index contributed by atoms with van der Waals surface area (Å²) in [6.45, 7) is 21.3. The summed E-state index contributed by atoms with van der Waals surface area (Å²) in [7, 11) is 0. The molecule has 0 aromatic rings. The highest BCUT2D eigenvalue weighted by molar-refractivity contribution is 5.45. The van der Waals surface area contributed by atoms with Crippen LogP contribution in [0.1, 0.15) is 88.5 Å². The number of aliphatic hydroxyl groups excluding tert-OH is 2. The van der Waals surface area contributed by atoms with Gasteiger partial charge in [-0.15, -0.1) is 0 Å². The molecule has 0 aliphatic heterocycles. The third-order valence-electron chi connectivity index (χ3n) is 8.10. The highest BCUT2D eigenvalue weighted by Gasteiger charge is 2.34. The maximum Gasteiger partial charge on any atom is 0.0729 e. The van der Waals surface area contributed by atoms with Gasteiger partial charge in [0.25, 0.3) is 0 Å². The monoisotopic (exact) mass is 566 g/mol. The van der Waals surface area contributed by atoms with Gasteiger partial charge in [0.1, 0.15) is 0 Å². The summed E-state index contributed by atoms with van der Waals surface area (Å²) < 4.78 is 0. The van der Waals surface area contributed by atoms with Gasteiger partial charge in [-0.05, 0) is 71.8 Å². The van der Waals surface area contributed by atoms with Crippen molar-refractivity contribution >= 4 is 0 Å². The average molecular weight is 567 g/mol. The highest BCUT2D eigenvalue weighted by atomic mass is 16.3. The molecule has 0 heterocycles. The molecule has 42 heavy (non-hydrogen) atoms. The summed E-state index contributed by atoms with van der Waals surface area (Å²) in [6, 6.07) is 0. The maximum absolute atomic E-state index is 10.1. The minimum atomic E-state index is -0.333. The molecule has 0 aromatic heterocycles. The molecule has 226 valence electrons. The number of rotatable bonds is 8. The molecule has 0 fully saturated rings. The second kappa shape index (κ2) is 15.9. The average Bonchev–Trinajstić information content (AvgIpc) is 2.84. The highest BCUT2D eigenvalue weighted by Crippen LogP contribution is 2.42. The van der Waals surface area contributed by atoms with Gasteiger partial charge in [-0.1, -0.05) is 146 Å². The molecule has 2 heteroatoms. The van der Waals surface area contributed by atoms with E-state index in [4.69, 9.17) is 0 Å². The van der Waals surface area contributed by atoms with Crippen LogP contribution in [0.3, 0.4) is 0 Å². The predicted molar refractivity (Wildman–Crippen MR) is 183 cm³/mol. The Morgan fingerprint density at radius 3 is 1.90 bits per heavy atom. The summed E-state index contributed by atoms with van der Waals surface area (Å²) in [5, 5.41) is 20.1. The largest absolute Gasteiger partial charge is 0.393 e. The zero-order chi connectivity index (χ0) is 31.5. The topological polar surface area (TPSA) is 40.5 Å². The van der Waals surface area contributed by atoms with Crippen LogP contribution in [0.25, 0.3) is 0 Å². The van der Waals surface area contributed by atoms with E-state index in [9.17, 15) is 10.2 Å². The smallest absolute Gasteiger partial charge is 0.0729 e. The van der Waals surface area contributed by atoms with Gasteiger partial charge < -0.3 is 10.2 Å². The molecule has 0 unspecified atom stereocenters. The Kier molecular flexibility index (Phi) is 13.3. The molecular weight excluding hydrogens is 512 g/mol. The van der Waals surface area contributed by atoms with E-state index in [0.717, 1.165) is 30.4 Å². The first-order chi connectivity index (χ1) is 19.6. The van der Waals surface area contributed by atoms with E-state index in [1.165, 1.54) is 27.9 Å². The van der Waals surface area contributed by atoms with Crippen LogP contribution in [0.4, 0.5) is 0 Å². The van der Waals surface area contributed by atoms with Crippen LogP contribution in [0.2, 0.25) is 0 Å². The van der Waals surface area contributed by atoms with Crippen molar-refractivity contribution in [3.63, 3.8) is 0 Å². The first kappa shape index (κ1) is 35.1. The van der Waals surface area contributed by atoms with Crippen molar-refractivity contribution in [2.75, 3.05) is 0 Å². The fourth-order valence-electron chi connectivity index (χ4n) is 5.96. The fraction of sp³-hybridized carbons (Fsp3) is 0.450. The standard InChI is InChI=1S/C40H54O2/c1-29(17-13-19-31(3)21-23-37-33(5)25-35(41)27-39(37,7)8)15-11-12-16-30(2)18-14-20-32(4)22-24-38-34(6)26-36(42)28-40(38,9)10/h11-21,23,25,35-37,41-42H,26-28H2,1-10H3/b12-11+,17-13+,18-14+,23-21+,29-15+,30-16+,31-19+,32-20+/t35-,36+,37+/m0/s1. The Morgan fingerprint density at radius 2 is 1.33 bits per heavy atom. The van der Waals surface area contributed by atoms with Gasteiger partial charge in [0, 0.05) is 16.9 Å². The maximum atomic E-state index is 10.1. The molecule has 2 aliphatic rings. The first-order valence-electron chi connectivity index (χ1n) is 15.3. The Labute approximate surface area is 257 Å². The molecule has 0 bridgehead atoms. The molecule has 0 spiro atoms. The normalized spacial score (nSPS) is 26.0. The Bertz CT molecular complexity index is 1330. The number of hydrogen-bond donors (Lipinski definition) is 2. The molecule has 0 saturated heterocycles. The van der Waals surface area contributed by atoms with Crippen molar-refractivity contribution in [2.45, 2.75) is 101 Å². The van der Waals surface area contributed by atoms with Crippen LogP contribution in [-0.2, 0) is 0 Å². The lowest BCUT2D eigenvalue weighted by molar-refractivity contribution is 0.117. The minimum absolute atomic E-state index is 0.0549. The zero-order valence-electron chi connectivity index (χ0n) is 27.8. The number of hydrogen-bond acceptors (Lipinski definition) is 2. The summed E-state index contributed by atoms with van der Waals surface area (Å²) in [5.74, 6) is 7.02.